The Kier molecular flexibility index (Phi) is 5.62. The number of rotatable bonds is 5. The molecule has 0 bridgehead atoms. The van der Waals surface area contributed by atoms with Crippen molar-refractivity contribution < 1.29 is 4.79 Å². The molecule has 26 heavy (non-hydrogen) atoms. The monoisotopic (exact) mass is 349 g/mol. The lowest BCUT2D eigenvalue weighted by Crippen LogP contribution is -2.38. The summed E-state index contributed by atoms with van der Waals surface area (Å²) in [5.74, 6) is 0.410. The lowest BCUT2D eigenvalue weighted by Gasteiger charge is -2.33. The minimum atomic E-state index is 0.0991. The number of nitrogens with zero attached hydrogens (tertiary/aromatic N) is 1. The summed E-state index contributed by atoms with van der Waals surface area (Å²) in [4.78, 5) is 15.7. The van der Waals surface area contributed by atoms with Gasteiger partial charge >= 0.3 is 0 Å². The lowest BCUT2D eigenvalue weighted by atomic mass is 9.80. The maximum Gasteiger partial charge on any atom is 0.167 e. The average Bonchev–Trinajstić information content (AvgIpc) is 2.97. The minimum absolute atomic E-state index is 0.0991. The smallest absolute Gasteiger partial charge is 0.167 e. The van der Waals surface area contributed by atoms with Gasteiger partial charge in [-0.1, -0.05) is 80.9 Å². The predicted molar refractivity (Wildman–Crippen MR) is 108 cm³/mol. The second kappa shape index (κ2) is 7.75. The molecule has 1 fully saturated rings. The Morgan fingerprint density at radius 1 is 1.04 bits per heavy atom. The van der Waals surface area contributed by atoms with Gasteiger partial charge in [0, 0.05) is 24.1 Å². The summed E-state index contributed by atoms with van der Waals surface area (Å²) in [6.45, 7) is 10.9. The Morgan fingerprint density at radius 2 is 1.69 bits per heavy atom. The van der Waals surface area contributed by atoms with E-state index in [9.17, 15) is 4.79 Å². The van der Waals surface area contributed by atoms with Crippen molar-refractivity contribution in [2.45, 2.75) is 53.1 Å². The Bertz CT molecular complexity index is 727. The van der Waals surface area contributed by atoms with Crippen molar-refractivity contribution in [3.05, 3.63) is 71.3 Å². The summed E-state index contributed by atoms with van der Waals surface area (Å²) < 4.78 is 0. The van der Waals surface area contributed by atoms with E-state index < -0.39 is 0 Å². The zero-order chi connectivity index (χ0) is 18.7. The van der Waals surface area contributed by atoms with Crippen LogP contribution in [0.3, 0.4) is 0 Å². The van der Waals surface area contributed by atoms with E-state index in [0.29, 0.717) is 11.8 Å². The van der Waals surface area contributed by atoms with Crippen LogP contribution in [0.25, 0.3) is 0 Å². The van der Waals surface area contributed by atoms with Gasteiger partial charge < -0.3 is 0 Å². The number of hydrogen-bond donors (Lipinski definition) is 0. The highest BCUT2D eigenvalue weighted by Gasteiger charge is 2.40. The number of hydrogen-bond acceptors (Lipinski definition) is 2. The van der Waals surface area contributed by atoms with Gasteiger partial charge in [0.2, 0.25) is 0 Å². The van der Waals surface area contributed by atoms with Gasteiger partial charge in [-0.15, -0.1) is 0 Å². The summed E-state index contributed by atoms with van der Waals surface area (Å²) in [6, 6.07) is 18.9. The summed E-state index contributed by atoms with van der Waals surface area (Å²) >= 11 is 0. The molecule has 2 aromatic rings. The average molecular weight is 350 g/mol. The molecule has 2 aromatic carbocycles. The molecule has 1 heterocycles. The first-order valence-electron chi connectivity index (χ1n) is 9.72. The molecule has 0 aliphatic carbocycles. The molecule has 2 nitrogen and oxygen atoms in total. The molecule has 0 radical (unpaired) electrons. The molecule has 0 spiro atoms. The number of benzene rings is 2. The second-order valence-corrected chi connectivity index (χ2v) is 8.91. The van der Waals surface area contributed by atoms with Crippen molar-refractivity contribution in [2.24, 2.45) is 11.3 Å². The van der Waals surface area contributed by atoms with E-state index in [2.05, 4.69) is 56.9 Å². The molecule has 2 atom stereocenters. The largest absolute Gasteiger partial charge is 0.295 e. The molecular formula is C24H31NO. The number of likely N-dealkylation sites (tertiary alicyclic amines) is 1. The molecular weight excluding hydrogens is 318 g/mol. The van der Waals surface area contributed by atoms with E-state index in [4.69, 9.17) is 0 Å². The van der Waals surface area contributed by atoms with Crippen molar-refractivity contribution in [2.75, 3.05) is 6.54 Å². The van der Waals surface area contributed by atoms with Crippen LogP contribution in [-0.2, 0) is 6.54 Å². The Morgan fingerprint density at radius 3 is 2.31 bits per heavy atom. The van der Waals surface area contributed by atoms with Crippen LogP contribution in [0.1, 0.15) is 55.1 Å². The molecule has 0 amide bonds. The van der Waals surface area contributed by atoms with Crippen molar-refractivity contribution in [1.29, 1.82) is 0 Å². The van der Waals surface area contributed by atoms with E-state index in [-0.39, 0.29) is 11.3 Å². The van der Waals surface area contributed by atoms with Crippen LogP contribution in [0.15, 0.2) is 54.6 Å². The van der Waals surface area contributed by atoms with Crippen molar-refractivity contribution in [1.82, 2.24) is 4.90 Å². The summed E-state index contributed by atoms with van der Waals surface area (Å²) in [5.41, 5.74) is 3.69. The van der Waals surface area contributed by atoms with Gasteiger partial charge in [0.05, 0.1) is 0 Å². The molecule has 0 N–H and O–H groups in total. The van der Waals surface area contributed by atoms with Gasteiger partial charge in [-0.05, 0) is 37.3 Å². The third-order valence-corrected chi connectivity index (χ3v) is 5.38. The summed E-state index contributed by atoms with van der Waals surface area (Å²) in [5, 5.41) is 0. The third kappa shape index (κ3) is 4.62. The van der Waals surface area contributed by atoms with Gasteiger partial charge in [0.25, 0.3) is 0 Å². The molecule has 0 saturated carbocycles. The Labute approximate surface area is 158 Å². The second-order valence-electron chi connectivity index (χ2n) is 8.91. The lowest BCUT2D eigenvalue weighted by molar-refractivity contribution is 0.0843. The molecule has 1 aliphatic rings. The number of carbonyl (C=O) groups excluding carboxylic acids is 1. The van der Waals surface area contributed by atoms with Crippen LogP contribution in [0.4, 0.5) is 0 Å². The maximum absolute atomic E-state index is 13.2. The van der Waals surface area contributed by atoms with Crippen LogP contribution in [0, 0.1) is 18.3 Å². The van der Waals surface area contributed by atoms with Crippen LogP contribution in [0.5, 0.6) is 0 Å². The van der Waals surface area contributed by atoms with Gasteiger partial charge in [-0.25, -0.2) is 0 Å². The molecule has 0 unspecified atom stereocenters. The van der Waals surface area contributed by atoms with E-state index in [1.54, 1.807) is 0 Å². The number of ketones is 1. The van der Waals surface area contributed by atoms with E-state index >= 15 is 0 Å². The SMILES string of the molecule is Cc1ccc(CN2CC[C@H](C(=O)c3ccccc3)[C@@H]2CC(C)(C)C)cc1. The van der Waals surface area contributed by atoms with Crippen molar-refractivity contribution in [3.63, 3.8) is 0 Å². The fourth-order valence-electron chi connectivity index (χ4n) is 4.06. The first kappa shape index (κ1) is 18.8. The number of aryl methyl sites for hydroxylation is 1. The van der Waals surface area contributed by atoms with Gasteiger partial charge in [-0.3, -0.25) is 9.69 Å². The number of carbonyl (C=O) groups is 1. The first-order valence-corrected chi connectivity index (χ1v) is 9.72. The van der Waals surface area contributed by atoms with Crippen molar-refractivity contribution >= 4 is 5.78 Å². The van der Waals surface area contributed by atoms with E-state index in [1.165, 1.54) is 11.1 Å². The zero-order valence-electron chi connectivity index (χ0n) is 16.5. The van der Waals surface area contributed by atoms with Crippen molar-refractivity contribution in [3.8, 4) is 0 Å². The standard InChI is InChI=1S/C24H31NO/c1-18-10-12-19(13-11-18)17-25-15-14-21(22(25)16-24(2,3)4)23(26)20-8-6-5-7-9-20/h5-13,21-22H,14-17H2,1-4H3/t21-,22-/m0/s1. The highest BCUT2D eigenvalue weighted by molar-refractivity contribution is 5.98. The summed E-state index contributed by atoms with van der Waals surface area (Å²) in [6.07, 6.45) is 2.00. The zero-order valence-corrected chi connectivity index (χ0v) is 16.5. The van der Waals surface area contributed by atoms with Crippen LogP contribution in [0.2, 0.25) is 0 Å². The van der Waals surface area contributed by atoms with E-state index in [1.807, 2.05) is 30.3 Å². The van der Waals surface area contributed by atoms with Gasteiger partial charge in [0.1, 0.15) is 0 Å². The van der Waals surface area contributed by atoms with Crippen LogP contribution < -0.4 is 0 Å². The molecule has 3 rings (SSSR count). The Balaban J connectivity index is 1.81. The maximum atomic E-state index is 13.2. The normalized spacial score (nSPS) is 21.1. The van der Waals surface area contributed by atoms with Gasteiger partial charge in [0.15, 0.2) is 5.78 Å². The highest BCUT2D eigenvalue weighted by Crippen LogP contribution is 2.36. The molecule has 1 aliphatic heterocycles. The van der Waals surface area contributed by atoms with E-state index in [0.717, 1.165) is 31.5 Å². The summed E-state index contributed by atoms with van der Waals surface area (Å²) in [7, 11) is 0. The first-order chi connectivity index (χ1) is 12.3. The van der Waals surface area contributed by atoms with Crippen LogP contribution in [-0.4, -0.2) is 23.3 Å². The molecule has 138 valence electrons. The quantitative estimate of drug-likeness (QED) is 0.664. The van der Waals surface area contributed by atoms with Crippen LogP contribution >= 0.6 is 0 Å². The highest BCUT2D eigenvalue weighted by atomic mass is 16.1. The fourth-order valence-corrected chi connectivity index (χ4v) is 4.06. The topological polar surface area (TPSA) is 20.3 Å². The molecule has 0 aromatic heterocycles. The third-order valence-electron chi connectivity index (χ3n) is 5.38. The molecule has 1 saturated heterocycles. The predicted octanol–water partition coefficient (Wildman–Crippen LogP) is 5.50. The Hall–Kier alpha value is -1.93. The minimum Gasteiger partial charge on any atom is -0.295 e. The van der Waals surface area contributed by atoms with Gasteiger partial charge in [-0.2, -0.15) is 0 Å². The molecule has 2 heteroatoms. The number of Topliss-reactive ketones (excluding diaryl/α,β-unsaturated/α-hetero) is 1. The fraction of sp³-hybridized carbons (Fsp3) is 0.458.